The molecule has 0 saturated carbocycles. The molecule has 3 heterocycles. The number of nitrogens with zero attached hydrogens (tertiary/aromatic N) is 2. The molecule has 2 N–H and O–H groups in total. The van der Waals surface area contributed by atoms with Crippen molar-refractivity contribution in [2.75, 3.05) is 12.0 Å². The summed E-state index contributed by atoms with van der Waals surface area (Å²) in [5.41, 5.74) is 2.56. The molecule has 4 aromatic rings. The molecule has 2 aromatic carbocycles. The van der Waals surface area contributed by atoms with Gasteiger partial charge in [-0.1, -0.05) is 24.3 Å². The normalized spacial score (nSPS) is 17.4. The van der Waals surface area contributed by atoms with Gasteiger partial charge in [-0.3, -0.25) is 4.98 Å². The van der Waals surface area contributed by atoms with E-state index >= 15 is 0 Å². The van der Waals surface area contributed by atoms with Gasteiger partial charge in [-0.15, -0.1) is 0 Å². The van der Waals surface area contributed by atoms with E-state index < -0.39 is 5.97 Å². The van der Waals surface area contributed by atoms with Crippen molar-refractivity contribution < 1.29 is 19.1 Å². The maximum Gasteiger partial charge on any atom is 0.335 e. The fourth-order valence-electron chi connectivity index (χ4n) is 4.15. The lowest BCUT2D eigenvalue weighted by Crippen LogP contribution is -2.29. The molecule has 8 heteroatoms. The third-order valence-corrected chi connectivity index (χ3v) is 6.06. The highest BCUT2D eigenvalue weighted by molar-refractivity contribution is 7.80. The van der Waals surface area contributed by atoms with Gasteiger partial charge >= 0.3 is 5.97 Å². The molecule has 5 rings (SSSR count). The average Bonchev–Trinajstić information content (AvgIpc) is 3.49. The molecule has 2 aromatic heterocycles. The van der Waals surface area contributed by atoms with Crippen molar-refractivity contribution in [3.05, 3.63) is 102 Å². The van der Waals surface area contributed by atoms with Crippen LogP contribution in [0, 0.1) is 0 Å². The predicted octanol–water partition coefficient (Wildman–Crippen LogP) is 5.23. The minimum atomic E-state index is -0.988. The number of ether oxygens (including phenoxy) is 1. The molecule has 7 nitrogen and oxygen atoms in total. The third kappa shape index (κ3) is 3.99. The Morgan fingerprint density at radius 1 is 1.09 bits per heavy atom. The van der Waals surface area contributed by atoms with Crippen molar-refractivity contribution in [3.63, 3.8) is 0 Å². The minimum Gasteiger partial charge on any atom is -0.497 e. The van der Waals surface area contributed by atoms with Crippen LogP contribution in [0.25, 0.3) is 11.3 Å². The number of carboxylic acid groups (broad SMARTS) is 1. The number of furan rings is 1. The number of carboxylic acids is 1. The van der Waals surface area contributed by atoms with Gasteiger partial charge in [0.1, 0.15) is 23.3 Å². The third-order valence-electron chi connectivity index (χ3n) is 5.74. The average molecular weight is 472 g/mol. The van der Waals surface area contributed by atoms with Gasteiger partial charge in [-0.05, 0) is 60.7 Å². The number of pyridine rings is 1. The van der Waals surface area contributed by atoms with Crippen molar-refractivity contribution in [3.8, 4) is 17.1 Å². The highest BCUT2D eigenvalue weighted by Gasteiger charge is 2.42. The van der Waals surface area contributed by atoms with E-state index in [-0.39, 0.29) is 17.6 Å². The van der Waals surface area contributed by atoms with E-state index in [2.05, 4.69) is 10.3 Å². The molecule has 1 aliphatic rings. The smallest absolute Gasteiger partial charge is 0.335 e. The van der Waals surface area contributed by atoms with Crippen molar-refractivity contribution in [1.29, 1.82) is 0 Å². The van der Waals surface area contributed by atoms with Gasteiger partial charge in [0, 0.05) is 23.5 Å². The van der Waals surface area contributed by atoms with Crippen LogP contribution in [-0.4, -0.2) is 28.3 Å². The zero-order chi connectivity index (χ0) is 23.7. The van der Waals surface area contributed by atoms with Crippen LogP contribution in [0.2, 0.25) is 0 Å². The van der Waals surface area contributed by atoms with E-state index in [4.69, 9.17) is 21.4 Å². The van der Waals surface area contributed by atoms with Gasteiger partial charge in [0.15, 0.2) is 5.11 Å². The Bertz CT molecular complexity index is 1350. The van der Waals surface area contributed by atoms with E-state index in [1.165, 1.54) is 0 Å². The minimum absolute atomic E-state index is 0.198. The molecule has 2 unspecified atom stereocenters. The first kappa shape index (κ1) is 21.7. The van der Waals surface area contributed by atoms with Crippen LogP contribution in [0.1, 0.15) is 33.9 Å². The molecule has 0 bridgehead atoms. The first-order chi connectivity index (χ1) is 16.5. The van der Waals surface area contributed by atoms with Gasteiger partial charge in [-0.25, -0.2) is 4.79 Å². The second-order valence-electron chi connectivity index (χ2n) is 7.79. The Hall–Kier alpha value is -4.17. The summed E-state index contributed by atoms with van der Waals surface area (Å²) in [5, 5.41) is 13.3. The lowest BCUT2D eigenvalue weighted by atomic mass is 10.0. The molecule has 170 valence electrons. The zero-order valence-electron chi connectivity index (χ0n) is 18.2. The molecule has 2 atom stereocenters. The summed E-state index contributed by atoms with van der Waals surface area (Å²) in [6, 6.07) is 23.2. The summed E-state index contributed by atoms with van der Waals surface area (Å²) in [7, 11) is 1.62. The molecule has 34 heavy (non-hydrogen) atoms. The summed E-state index contributed by atoms with van der Waals surface area (Å²) in [4.78, 5) is 18.0. The standard InChI is InChI=1S/C26H21N3O4S/c1-32-19-9-5-8-18(15-19)29-24(23(28-26(29)34)20-10-2-3-13-27-20)22-12-11-21(33-22)16-6-4-7-17(14-16)25(30)31/h2-15,23-24H,1H3,(H,28,34)(H,30,31). The van der Waals surface area contributed by atoms with Gasteiger partial charge in [0.05, 0.1) is 24.4 Å². The molecule has 0 amide bonds. The SMILES string of the molecule is COc1cccc(N2C(=S)NC(c3ccccn3)C2c2ccc(-c3cccc(C(=O)O)c3)o2)c1. The summed E-state index contributed by atoms with van der Waals surface area (Å²) < 4.78 is 11.7. The van der Waals surface area contributed by atoms with Crippen LogP contribution < -0.4 is 15.0 Å². The largest absolute Gasteiger partial charge is 0.497 e. The Labute approximate surface area is 201 Å². The highest BCUT2D eigenvalue weighted by Crippen LogP contribution is 2.43. The number of rotatable bonds is 6. The van der Waals surface area contributed by atoms with Crippen molar-refractivity contribution in [2.24, 2.45) is 0 Å². The monoisotopic (exact) mass is 471 g/mol. The second kappa shape index (κ2) is 8.99. The van der Waals surface area contributed by atoms with Crippen LogP contribution in [0.15, 0.2) is 89.5 Å². The first-order valence-corrected chi connectivity index (χ1v) is 11.0. The molecule has 0 aliphatic carbocycles. The Balaban J connectivity index is 1.59. The van der Waals surface area contributed by atoms with Crippen LogP contribution in [0.5, 0.6) is 5.75 Å². The topological polar surface area (TPSA) is 87.8 Å². The quantitative estimate of drug-likeness (QED) is 0.370. The van der Waals surface area contributed by atoms with Crippen LogP contribution in [0.4, 0.5) is 5.69 Å². The van der Waals surface area contributed by atoms with Gasteiger partial charge < -0.3 is 24.5 Å². The van der Waals surface area contributed by atoms with Crippen molar-refractivity contribution in [1.82, 2.24) is 10.3 Å². The van der Waals surface area contributed by atoms with Crippen LogP contribution in [0.3, 0.4) is 0 Å². The molecular formula is C26H21N3O4S. The van der Waals surface area contributed by atoms with E-state index in [9.17, 15) is 9.90 Å². The number of aromatic nitrogens is 1. The van der Waals surface area contributed by atoms with Gasteiger partial charge in [0.25, 0.3) is 0 Å². The highest BCUT2D eigenvalue weighted by atomic mass is 32.1. The Kier molecular flexibility index (Phi) is 5.73. The number of anilines is 1. The van der Waals surface area contributed by atoms with E-state index in [0.29, 0.717) is 27.9 Å². The van der Waals surface area contributed by atoms with Gasteiger partial charge in [0.2, 0.25) is 0 Å². The fraction of sp³-hybridized carbons (Fsp3) is 0.115. The van der Waals surface area contributed by atoms with Crippen molar-refractivity contribution >= 4 is 29.0 Å². The molecule has 1 fully saturated rings. The Morgan fingerprint density at radius 2 is 1.94 bits per heavy atom. The number of methoxy groups -OCH3 is 1. The van der Waals surface area contributed by atoms with E-state index in [0.717, 1.165) is 11.4 Å². The summed E-state index contributed by atoms with van der Waals surface area (Å²) >= 11 is 5.74. The maximum atomic E-state index is 11.4. The van der Waals surface area contributed by atoms with E-state index in [1.807, 2.05) is 65.6 Å². The number of hydrogen-bond donors (Lipinski definition) is 2. The number of carbonyl (C=O) groups is 1. The van der Waals surface area contributed by atoms with Crippen LogP contribution in [-0.2, 0) is 0 Å². The second-order valence-corrected chi connectivity index (χ2v) is 8.17. The molecule has 1 saturated heterocycles. The van der Waals surface area contributed by atoms with Crippen molar-refractivity contribution in [2.45, 2.75) is 12.1 Å². The molecule has 0 spiro atoms. The zero-order valence-corrected chi connectivity index (χ0v) is 19.0. The summed E-state index contributed by atoms with van der Waals surface area (Å²) in [5.74, 6) is 0.965. The molecule has 1 aliphatic heterocycles. The number of aromatic carboxylic acids is 1. The Morgan fingerprint density at radius 3 is 2.71 bits per heavy atom. The number of nitrogens with one attached hydrogen (secondary N) is 1. The summed E-state index contributed by atoms with van der Waals surface area (Å²) in [6.07, 6.45) is 1.75. The predicted molar refractivity (Wildman–Crippen MR) is 132 cm³/mol. The maximum absolute atomic E-state index is 11.4. The number of thiocarbonyl (C=S) groups is 1. The first-order valence-electron chi connectivity index (χ1n) is 10.6. The lowest BCUT2D eigenvalue weighted by molar-refractivity contribution is 0.0697. The van der Waals surface area contributed by atoms with Gasteiger partial charge in [-0.2, -0.15) is 0 Å². The van der Waals surface area contributed by atoms with Crippen LogP contribution >= 0.6 is 12.2 Å². The molecular weight excluding hydrogens is 450 g/mol. The number of benzene rings is 2. The lowest BCUT2D eigenvalue weighted by Gasteiger charge is -2.26. The van der Waals surface area contributed by atoms with E-state index in [1.54, 1.807) is 31.5 Å². The fourth-order valence-corrected chi connectivity index (χ4v) is 4.50. The molecule has 0 radical (unpaired) electrons. The summed E-state index contributed by atoms with van der Waals surface area (Å²) in [6.45, 7) is 0. The number of hydrogen-bond acceptors (Lipinski definition) is 5.